The van der Waals surface area contributed by atoms with Gasteiger partial charge in [0.05, 0.1) is 17.2 Å². The summed E-state index contributed by atoms with van der Waals surface area (Å²) in [6.45, 7) is 2.52. The van der Waals surface area contributed by atoms with Crippen molar-refractivity contribution < 1.29 is 14.5 Å². The van der Waals surface area contributed by atoms with Gasteiger partial charge in [0.2, 0.25) is 5.91 Å². The lowest BCUT2D eigenvalue weighted by atomic mass is 10.1. The number of benzene rings is 1. The highest BCUT2D eigenvalue weighted by Crippen LogP contribution is 2.27. The van der Waals surface area contributed by atoms with E-state index in [1.807, 2.05) is 6.92 Å². The van der Waals surface area contributed by atoms with Gasteiger partial charge in [0.1, 0.15) is 5.69 Å². The molecular weight excluding hydrogens is 282 g/mol. The zero-order chi connectivity index (χ0) is 14.7. The van der Waals surface area contributed by atoms with E-state index in [2.05, 4.69) is 5.32 Å². The van der Waals surface area contributed by atoms with Crippen molar-refractivity contribution in [3.05, 3.63) is 33.9 Å². The summed E-state index contributed by atoms with van der Waals surface area (Å²) >= 11 is 0.969. The third-order valence-corrected chi connectivity index (χ3v) is 3.66. The number of nitrogens with zero attached hydrogens (tertiary/aromatic N) is 2. The maximum atomic E-state index is 11.5. The molecule has 1 aromatic carbocycles. The molecule has 0 unspecified atom stereocenters. The van der Waals surface area contributed by atoms with Crippen LogP contribution < -0.4 is 5.32 Å². The van der Waals surface area contributed by atoms with E-state index in [-0.39, 0.29) is 29.1 Å². The van der Waals surface area contributed by atoms with E-state index in [1.165, 1.54) is 6.07 Å². The van der Waals surface area contributed by atoms with E-state index in [0.29, 0.717) is 17.8 Å². The normalized spacial score (nSPS) is 14.8. The fourth-order valence-corrected chi connectivity index (χ4v) is 2.61. The van der Waals surface area contributed by atoms with Crippen LogP contribution >= 0.6 is 11.8 Å². The summed E-state index contributed by atoms with van der Waals surface area (Å²) in [7, 11) is 0. The maximum absolute atomic E-state index is 11.5. The Morgan fingerprint density at radius 3 is 2.75 bits per heavy atom. The summed E-state index contributed by atoms with van der Waals surface area (Å²) < 4.78 is 0. The third-order valence-electron chi connectivity index (χ3n) is 2.81. The molecule has 1 N–H and O–H groups in total. The zero-order valence-corrected chi connectivity index (χ0v) is 11.6. The van der Waals surface area contributed by atoms with E-state index >= 15 is 0 Å². The molecule has 0 aromatic heterocycles. The number of hydrogen-bond acceptors (Lipinski definition) is 6. The lowest BCUT2D eigenvalue weighted by Crippen LogP contribution is -2.27. The number of rotatable bonds is 5. The molecule has 2 amide bonds. The molecule has 7 nitrogen and oxygen atoms in total. The van der Waals surface area contributed by atoms with Gasteiger partial charge in [-0.15, -0.1) is 0 Å². The molecule has 1 aliphatic heterocycles. The molecule has 0 bridgehead atoms. The van der Waals surface area contributed by atoms with Crippen LogP contribution in [0.15, 0.2) is 18.2 Å². The summed E-state index contributed by atoms with van der Waals surface area (Å²) in [5.41, 5.74) is 1.04. The van der Waals surface area contributed by atoms with Crippen molar-refractivity contribution in [1.29, 1.82) is 0 Å². The van der Waals surface area contributed by atoms with Crippen molar-refractivity contribution in [3.63, 3.8) is 0 Å². The molecule has 0 aliphatic carbocycles. The van der Waals surface area contributed by atoms with E-state index in [0.717, 1.165) is 16.7 Å². The van der Waals surface area contributed by atoms with Gasteiger partial charge in [-0.2, -0.15) is 0 Å². The van der Waals surface area contributed by atoms with E-state index in [4.69, 9.17) is 0 Å². The van der Waals surface area contributed by atoms with Gasteiger partial charge in [0.25, 0.3) is 10.9 Å². The molecule has 0 saturated carbocycles. The fourth-order valence-electron chi connectivity index (χ4n) is 1.89. The topological polar surface area (TPSA) is 92.6 Å². The molecule has 8 heteroatoms. The second-order valence-electron chi connectivity index (χ2n) is 4.17. The van der Waals surface area contributed by atoms with Gasteiger partial charge in [-0.05, 0) is 18.6 Å². The first kappa shape index (κ1) is 14.3. The Balaban J connectivity index is 2.24. The number of imide groups is 1. The molecular formula is C12H13N3O4S. The smallest absolute Gasteiger partial charge is 0.292 e. The Hall–Kier alpha value is -2.09. The van der Waals surface area contributed by atoms with Crippen molar-refractivity contribution in [1.82, 2.24) is 4.90 Å². The lowest BCUT2D eigenvalue weighted by Gasteiger charge is -2.14. The van der Waals surface area contributed by atoms with Gasteiger partial charge in [-0.25, -0.2) is 0 Å². The second kappa shape index (κ2) is 5.91. The minimum Gasteiger partial charge on any atom is -0.380 e. The standard InChI is InChI=1S/C12H13N3O4S/c1-2-13-9-5-8(3-4-10(9)15(18)19)6-14-11(16)7-20-12(14)17/h3-5,13H,2,6-7H2,1H3. The number of nitro benzene ring substituents is 1. The molecule has 1 aliphatic rings. The summed E-state index contributed by atoms with van der Waals surface area (Å²) in [6, 6.07) is 4.54. The van der Waals surface area contributed by atoms with Crippen molar-refractivity contribution in [2.75, 3.05) is 17.6 Å². The first-order valence-corrected chi connectivity index (χ1v) is 6.99. The Kier molecular flexibility index (Phi) is 4.23. The average molecular weight is 295 g/mol. The Morgan fingerprint density at radius 2 is 2.20 bits per heavy atom. The van der Waals surface area contributed by atoms with Gasteiger partial charge in [-0.3, -0.25) is 24.6 Å². The van der Waals surface area contributed by atoms with Crippen molar-refractivity contribution >= 4 is 34.3 Å². The number of nitrogens with one attached hydrogen (secondary N) is 1. The van der Waals surface area contributed by atoms with Gasteiger partial charge in [0.15, 0.2) is 0 Å². The van der Waals surface area contributed by atoms with Gasteiger partial charge >= 0.3 is 0 Å². The van der Waals surface area contributed by atoms with Crippen molar-refractivity contribution in [2.45, 2.75) is 13.5 Å². The summed E-state index contributed by atoms with van der Waals surface area (Å²) in [5, 5.41) is 13.5. The first-order chi connectivity index (χ1) is 9.52. The molecule has 2 rings (SSSR count). The van der Waals surface area contributed by atoms with Crippen molar-refractivity contribution in [3.8, 4) is 0 Å². The maximum Gasteiger partial charge on any atom is 0.292 e. The number of hydrogen-bond donors (Lipinski definition) is 1. The molecule has 1 aromatic rings. The molecule has 0 radical (unpaired) electrons. The van der Waals surface area contributed by atoms with Crippen molar-refractivity contribution in [2.24, 2.45) is 0 Å². The molecule has 0 spiro atoms. The average Bonchev–Trinajstić information content (AvgIpc) is 2.71. The van der Waals surface area contributed by atoms with Gasteiger partial charge in [-0.1, -0.05) is 17.8 Å². The van der Waals surface area contributed by atoms with Gasteiger partial charge < -0.3 is 5.32 Å². The summed E-state index contributed by atoms with van der Waals surface area (Å²) in [5.74, 6) is -0.0744. The highest BCUT2D eigenvalue weighted by molar-refractivity contribution is 8.14. The van der Waals surface area contributed by atoms with E-state index in [9.17, 15) is 19.7 Å². The number of anilines is 1. The van der Waals surface area contributed by atoms with Crippen LogP contribution in [0, 0.1) is 10.1 Å². The van der Waals surface area contributed by atoms with E-state index in [1.54, 1.807) is 12.1 Å². The predicted molar refractivity (Wildman–Crippen MR) is 75.7 cm³/mol. The molecule has 1 heterocycles. The molecule has 0 atom stereocenters. The number of amides is 2. The number of carbonyl (C=O) groups excluding carboxylic acids is 2. The largest absolute Gasteiger partial charge is 0.380 e. The van der Waals surface area contributed by atoms with E-state index < -0.39 is 4.92 Å². The highest BCUT2D eigenvalue weighted by atomic mass is 32.2. The van der Waals surface area contributed by atoms with Crippen LogP contribution in [-0.4, -0.2) is 33.3 Å². The predicted octanol–water partition coefficient (Wildman–Crippen LogP) is 2.22. The number of nitro groups is 1. The molecule has 1 saturated heterocycles. The van der Waals surface area contributed by atoms with Crippen LogP contribution in [0.1, 0.15) is 12.5 Å². The van der Waals surface area contributed by atoms with Crippen LogP contribution in [0.5, 0.6) is 0 Å². The SMILES string of the molecule is CCNc1cc(CN2C(=O)CSC2=O)ccc1[N+](=O)[O-]. The molecule has 1 fully saturated rings. The third kappa shape index (κ3) is 2.90. The van der Waals surface area contributed by atoms with Crippen LogP contribution in [-0.2, 0) is 11.3 Å². The van der Waals surface area contributed by atoms with Gasteiger partial charge in [0, 0.05) is 12.6 Å². The Labute approximate surface area is 119 Å². The summed E-state index contributed by atoms with van der Waals surface area (Å²) in [4.78, 5) is 34.6. The van der Waals surface area contributed by atoms with Crippen LogP contribution in [0.3, 0.4) is 0 Å². The highest BCUT2D eigenvalue weighted by Gasteiger charge is 2.30. The summed E-state index contributed by atoms with van der Waals surface area (Å²) in [6.07, 6.45) is 0. The number of carbonyl (C=O) groups is 2. The monoisotopic (exact) mass is 295 g/mol. The van der Waals surface area contributed by atoms with Crippen LogP contribution in [0.25, 0.3) is 0 Å². The first-order valence-electron chi connectivity index (χ1n) is 6.01. The molecule has 20 heavy (non-hydrogen) atoms. The Morgan fingerprint density at radius 1 is 1.45 bits per heavy atom. The lowest BCUT2D eigenvalue weighted by molar-refractivity contribution is -0.384. The van der Waals surface area contributed by atoms with Crippen LogP contribution in [0.2, 0.25) is 0 Å². The second-order valence-corrected chi connectivity index (χ2v) is 5.10. The minimum absolute atomic E-state index is 0.0240. The minimum atomic E-state index is -0.468. The zero-order valence-electron chi connectivity index (χ0n) is 10.8. The molecule has 106 valence electrons. The Bertz CT molecular complexity index is 560. The number of thioether (sulfide) groups is 1. The quantitative estimate of drug-likeness (QED) is 0.661. The fraction of sp³-hybridized carbons (Fsp3) is 0.333. The van der Waals surface area contributed by atoms with Crippen LogP contribution in [0.4, 0.5) is 16.2 Å².